The molecule has 6 fully saturated rings. The summed E-state index contributed by atoms with van der Waals surface area (Å²) in [6.07, 6.45) is 17.1. The number of nitrogens with one attached hydrogen (secondary N) is 3. The Bertz CT molecular complexity index is 3990. The lowest BCUT2D eigenvalue weighted by Crippen LogP contribution is -2.51. The number of hydrogen-bond acceptors (Lipinski definition) is 12. The summed E-state index contributed by atoms with van der Waals surface area (Å²) in [5.41, 5.74) is 9.65. The number of benzene rings is 4. The van der Waals surface area contributed by atoms with Gasteiger partial charge in [-0.05, 0) is 160 Å². The van der Waals surface area contributed by atoms with E-state index in [0.717, 1.165) is 125 Å². The third-order valence-electron chi connectivity index (χ3n) is 24.3. The average molecular weight is 1620 g/mol. The molecule has 4 aromatic carbocycles. The minimum atomic E-state index is -0.363. The molecular weight excluding hydrogens is 1490 g/mol. The Morgan fingerprint density at radius 2 is 0.860 bits per heavy atom. The Kier molecular flexibility index (Phi) is 31.1. The third kappa shape index (κ3) is 22.6. The van der Waals surface area contributed by atoms with E-state index in [0.29, 0.717) is 83.2 Å². The summed E-state index contributed by atoms with van der Waals surface area (Å²) < 4.78 is 0. The summed E-state index contributed by atoms with van der Waals surface area (Å²) in [5, 5.41) is 8.43. The lowest BCUT2D eigenvalue weighted by atomic mass is 9.95. The van der Waals surface area contributed by atoms with Crippen molar-refractivity contribution in [2.75, 3.05) is 87.9 Å². The second kappa shape index (κ2) is 40.6. The van der Waals surface area contributed by atoms with Crippen LogP contribution in [-0.4, -0.2) is 214 Å². The molecular formula is C90H134N12O9S3. The molecule has 6 atom stereocenters. The van der Waals surface area contributed by atoms with Crippen LogP contribution in [-0.2, 0) is 48.2 Å². The zero-order valence-corrected chi connectivity index (χ0v) is 72.6. The van der Waals surface area contributed by atoms with E-state index in [4.69, 9.17) is 0 Å². The standard InChI is InChI=1S/C32H42N4O3S.C31H48N4O3S.C27H40N4O3S.2H2/c1-21(2)11-17-36-30(38)28(40-31(36)26-10-9-22(3)19-23(26)4)20-29(37)34-15-13-25(14-16-34)35-18-12-24-7-5-6-8-27(24)33-32(35)39;1-4-5-6-7-8-13-29-35(20-14-23(2)3)30(37)27(39-29)22-28(36)33-18-16-25(17-19-33)34-21-15-24-11-9-10-12-26(24)32-31(34)38;1-18(2)10-15-30-24(33)22(35-25(30)27(3,4)5)16-23(32)29-13-11-20(12-14-29)31-17-19-8-6-7-9-21(19)28-26(31)34;;/h5-10,19,21,25,28,31H,11-18,20H2,1-4H3,(H,33,39);9-12,23,25,27,29H,4-8,13-22H2,1-3H3,(H,32,38);6-9,18,20,22,25H,10-17H2,1-5H3,(H,28,34);2*1H. The van der Waals surface area contributed by atoms with Gasteiger partial charge >= 0.3 is 18.1 Å². The van der Waals surface area contributed by atoms with Crippen molar-refractivity contribution in [3.8, 4) is 0 Å². The first kappa shape index (κ1) is 87.4. The van der Waals surface area contributed by atoms with Gasteiger partial charge in [-0.15, -0.1) is 35.3 Å². The highest BCUT2D eigenvalue weighted by atomic mass is 32.2. The molecule has 6 saturated heterocycles. The zero-order chi connectivity index (χ0) is 81.5. The fraction of sp³-hybridized carbons (Fsp3) is 0.633. The summed E-state index contributed by atoms with van der Waals surface area (Å²) in [4.78, 5) is 136. The highest BCUT2D eigenvalue weighted by Crippen LogP contribution is 2.47. The van der Waals surface area contributed by atoms with E-state index in [-0.39, 0.29) is 131 Å². The van der Waals surface area contributed by atoms with Gasteiger partial charge < -0.3 is 60.0 Å². The molecule has 626 valence electrons. The number of thioether (sulfide) groups is 3. The van der Waals surface area contributed by atoms with Gasteiger partial charge in [-0.1, -0.05) is 180 Å². The van der Waals surface area contributed by atoms with E-state index in [1.54, 1.807) is 35.3 Å². The van der Waals surface area contributed by atoms with Crippen LogP contribution < -0.4 is 16.0 Å². The largest absolute Gasteiger partial charge is 0.342 e. The van der Waals surface area contributed by atoms with Gasteiger partial charge in [-0.2, -0.15) is 0 Å². The van der Waals surface area contributed by atoms with Crippen molar-refractivity contribution in [1.82, 2.24) is 44.1 Å². The fourth-order valence-corrected chi connectivity index (χ4v) is 22.1. The molecule has 6 unspecified atom stereocenters. The van der Waals surface area contributed by atoms with Crippen LogP contribution >= 0.6 is 35.3 Å². The molecule has 13 rings (SSSR count). The second-order valence-corrected chi connectivity index (χ2v) is 39.3. The molecule has 4 aromatic rings. The number of fused-ring (bicyclic) bond motifs is 3. The molecule has 21 nitrogen and oxygen atoms in total. The number of carbonyl (C=O) groups excluding carboxylic acids is 9. The summed E-state index contributed by atoms with van der Waals surface area (Å²) in [7, 11) is 0. The molecule has 9 heterocycles. The minimum Gasteiger partial charge on any atom is -0.342 e. The number of unbranched alkanes of at least 4 members (excludes halogenated alkanes) is 4. The lowest BCUT2D eigenvalue weighted by molar-refractivity contribution is -0.137. The van der Waals surface area contributed by atoms with Crippen LogP contribution in [0.4, 0.5) is 31.4 Å². The van der Waals surface area contributed by atoms with E-state index in [1.165, 1.54) is 47.9 Å². The molecule has 0 aliphatic carbocycles. The first-order valence-corrected chi connectivity index (χ1v) is 45.7. The number of nitrogens with zero attached hydrogens (tertiary/aromatic N) is 9. The number of amides is 12. The predicted molar refractivity (Wildman–Crippen MR) is 466 cm³/mol. The van der Waals surface area contributed by atoms with Gasteiger partial charge in [-0.3, -0.25) is 28.8 Å². The number of hydrogen-bond donors (Lipinski definition) is 3. The Morgan fingerprint density at radius 3 is 1.32 bits per heavy atom. The maximum absolute atomic E-state index is 13.6. The van der Waals surface area contributed by atoms with Gasteiger partial charge in [0.25, 0.3) is 0 Å². The molecule has 0 spiro atoms. The smallest absolute Gasteiger partial charge is 0.322 e. The SMILES string of the molecule is CC(C)CCN1C(=O)C(CC(=O)N2CCC(N3Cc4ccccc4NC3=O)CC2)SC1C(C)(C)C.CCCCCCCC1SC(CC(=O)N2CCC(N3CCc4ccccc4NC3=O)CC2)C(=O)N1CCC(C)C.Cc1ccc(C2SC(CC(=O)N3CCC(N4CCc5ccccc5NC4=O)CC3)C(=O)N2CCC(C)C)c(C)c1.[HH].[HH]. The maximum atomic E-state index is 13.6. The van der Waals surface area contributed by atoms with Crippen molar-refractivity contribution < 1.29 is 46.0 Å². The van der Waals surface area contributed by atoms with E-state index in [2.05, 4.69) is 134 Å². The topological polar surface area (TPSA) is 219 Å². The van der Waals surface area contributed by atoms with Crippen molar-refractivity contribution in [2.45, 2.75) is 268 Å². The van der Waals surface area contributed by atoms with Gasteiger partial charge in [0.1, 0.15) is 5.37 Å². The zero-order valence-electron chi connectivity index (χ0n) is 70.1. The molecule has 3 N–H and O–H groups in total. The number of aryl methyl sites for hydroxylation is 2. The number of para-hydroxylation sites is 3. The molecule has 114 heavy (non-hydrogen) atoms. The third-order valence-corrected chi connectivity index (χ3v) is 29.2. The van der Waals surface area contributed by atoms with E-state index >= 15 is 0 Å². The summed E-state index contributed by atoms with van der Waals surface area (Å²) in [6.45, 7) is 34.1. The van der Waals surface area contributed by atoms with Crippen LogP contribution in [0.2, 0.25) is 0 Å². The van der Waals surface area contributed by atoms with Crippen molar-refractivity contribution in [1.29, 1.82) is 0 Å². The van der Waals surface area contributed by atoms with E-state index in [1.807, 2.05) is 99.9 Å². The molecule has 24 heteroatoms. The molecule has 0 aromatic heterocycles. The molecule has 9 aliphatic rings. The van der Waals surface area contributed by atoms with Crippen LogP contribution in [0.1, 0.15) is 226 Å². The van der Waals surface area contributed by atoms with Crippen molar-refractivity contribution in [3.05, 3.63) is 124 Å². The molecule has 0 bridgehead atoms. The summed E-state index contributed by atoms with van der Waals surface area (Å²) >= 11 is 5.02. The average Bonchev–Trinajstić information content (AvgIpc) is 1.33. The maximum Gasteiger partial charge on any atom is 0.322 e. The van der Waals surface area contributed by atoms with Crippen LogP contribution in [0.3, 0.4) is 0 Å². The molecule has 0 saturated carbocycles. The Labute approximate surface area is 695 Å². The Morgan fingerprint density at radius 1 is 0.465 bits per heavy atom. The number of rotatable bonds is 25. The molecule has 0 radical (unpaired) electrons. The van der Waals surface area contributed by atoms with Crippen LogP contribution in [0, 0.1) is 37.0 Å². The number of carbonyl (C=O) groups is 9. The van der Waals surface area contributed by atoms with Gasteiger partial charge in [0.05, 0.1) is 26.5 Å². The lowest BCUT2D eigenvalue weighted by Gasteiger charge is -2.40. The first-order valence-electron chi connectivity index (χ1n) is 42.9. The van der Waals surface area contributed by atoms with Crippen LogP contribution in [0.5, 0.6) is 0 Å². The van der Waals surface area contributed by atoms with Crippen molar-refractivity contribution in [2.24, 2.45) is 23.2 Å². The second-order valence-electron chi connectivity index (χ2n) is 35.3. The van der Waals surface area contributed by atoms with Crippen LogP contribution in [0.15, 0.2) is 91.0 Å². The van der Waals surface area contributed by atoms with Gasteiger partial charge in [-0.25, -0.2) is 14.4 Å². The van der Waals surface area contributed by atoms with E-state index < -0.39 is 0 Å². The highest BCUT2D eigenvalue weighted by molar-refractivity contribution is 8.02. The van der Waals surface area contributed by atoms with Gasteiger partial charge in [0.2, 0.25) is 35.4 Å². The van der Waals surface area contributed by atoms with E-state index in [9.17, 15) is 43.2 Å². The van der Waals surface area contributed by atoms with Crippen LogP contribution in [0.25, 0.3) is 0 Å². The Hall–Kier alpha value is -7.44. The quantitative estimate of drug-likeness (QED) is 0.0528. The highest BCUT2D eigenvalue weighted by Gasteiger charge is 2.48. The van der Waals surface area contributed by atoms with Gasteiger partial charge in [0, 0.05) is 136 Å². The summed E-state index contributed by atoms with van der Waals surface area (Å²) in [5.74, 6) is 2.12. The van der Waals surface area contributed by atoms with Crippen molar-refractivity contribution in [3.63, 3.8) is 0 Å². The fourth-order valence-electron chi connectivity index (χ4n) is 17.4. The first-order chi connectivity index (χ1) is 54.6. The monoisotopic (exact) mass is 1620 g/mol. The number of anilines is 3. The molecule has 12 amide bonds. The predicted octanol–water partition coefficient (Wildman–Crippen LogP) is 17.2. The van der Waals surface area contributed by atoms with Gasteiger partial charge in [0.15, 0.2) is 0 Å². The Balaban J connectivity index is 0.000000198. The number of urea groups is 3. The number of likely N-dealkylation sites (tertiary alicyclic amines) is 3. The van der Waals surface area contributed by atoms with Crippen molar-refractivity contribution >= 4 is 106 Å². The molecule has 9 aliphatic heterocycles. The summed E-state index contributed by atoms with van der Waals surface area (Å²) in [6, 6.07) is 30.5. The minimum absolute atomic E-state index is 0. The normalized spacial score (nSPS) is 22.6. The number of piperidine rings is 3.